The number of nitrogens with one attached hydrogen (secondary N) is 2. The predicted octanol–water partition coefficient (Wildman–Crippen LogP) is 1.65. The molecule has 222 valence electrons. The van der Waals surface area contributed by atoms with Crippen LogP contribution < -0.4 is 15.4 Å². The maximum absolute atomic E-state index is 13.9. The van der Waals surface area contributed by atoms with Crippen LogP contribution in [0.1, 0.15) is 36.8 Å². The van der Waals surface area contributed by atoms with Gasteiger partial charge in [0.1, 0.15) is 17.3 Å². The molecule has 0 spiro atoms. The van der Waals surface area contributed by atoms with Crippen LogP contribution in [0, 0.1) is 11.8 Å². The fourth-order valence-electron chi connectivity index (χ4n) is 6.67. The van der Waals surface area contributed by atoms with Crippen molar-refractivity contribution in [2.24, 2.45) is 18.9 Å². The number of carbonyl (C=O) groups excluding carboxylic acids is 3. The first kappa shape index (κ1) is 28.1. The molecule has 4 atom stereocenters. The van der Waals surface area contributed by atoms with Crippen LogP contribution in [0.3, 0.4) is 0 Å². The van der Waals surface area contributed by atoms with Crippen molar-refractivity contribution in [2.45, 2.75) is 50.7 Å². The van der Waals surface area contributed by atoms with E-state index in [1.54, 1.807) is 16.7 Å². The lowest BCUT2D eigenvalue weighted by Gasteiger charge is -2.27. The van der Waals surface area contributed by atoms with E-state index in [9.17, 15) is 14.4 Å². The van der Waals surface area contributed by atoms with E-state index in [2.05, 4.69) is 20.9 Å². The maximum Gasteiger partial charge on any atom is 0.243 e. The lowest BCUT2D eigenvalue weighted by atomic mass is 9.96. The second-order valence-corrected chi connectivity index (χ2v) is 11.8. The van der Waals surface area contributed by atoms with E-state index in [1.165, 1.54) is 0 Å². The number of aryl methyl sites for hydroxylation is 1. The highest BCUT2D eigenvalue weighted by atomic mass is 16.5. The Morgan fingerprint density at radius 2 is 1.79 bits per heavy atom. The number of rotatable bonds is 8. The third-order valence-corrected chi connectivity index (χ3v) is 8.99. The van der Waals surface area contributed by atoms with E-state index in [1.807, 2.05) is 54.4 Å². The van der Waals surface area contributed by atoms with Gasteiger partial charge < -0.3 is 25.2 Å². The highest BCUT2D eigenvalue weighted by Gasteiger charge is 2.44. The first-order chi connectivity index (χ1) is 20.4. The van der Waals surface area contributed by atoms with Crippen LogP contribution >= 0.6 is 0 Å². The summed E-state index contributed by atoms with van der Waals surface area (Å²) in [5, 5.41) is 14.6. The molecule has 11 heteroatoms. The van der Waals surface area contributed by atoms with Gasteiger partial charge in [-0.15, -0.1) is 5.10 Å². The average molecular weight is 574 g/mol. The van der Waals surface area contributed by atoms with E-state index < -0.39 is 12.1 Å². The minimum Gasteiger partial charge on any atom is -0.497 e. The van der Waals surface area contributed by atoms with Gasteiger partial charge in [0.15, 0.2) is 0 Å². The summed E-state index contributed by atoms with van der Waals surface area (Å²) in [5.41, 5.74) is 3.75. The van der Waals surface area contributed by atoms with Crippen LogP contribution in [0.4, 0.5) is 0 Å². The molecule has 0 aliphatic carbocycles. The van der Waals surface area contributed by atoms with Crippen molar-refractivity contribution in [1.82, 2.24) is 35.4 Å². The zero-order valence-corrected chi connectivity index (χ0v) is 24.3. The number of fused-ring (bicyclic) bond motifs is 1. The third kappa shape index (κ3) is 5.83. The number of carbonyl (C=O) groups is 3. The Hall–Kier alpha value is -3.99. The summed E-state index contributed by atoms with van der Waals surface area (Å²) in [6.45, 7) is 2.94. The van der Waals surface area contributed by atoms with Crippen LogP contribution in [0.25, 0.3) is 11.0 Å². The number of amides is 3. The van der Waals surface area contributed by atoms with Crippen molar-refractivity contribution in [3.63, 3.8) is 0 Å². The number of aromatic nitrogens is 3. The summed E-state index contributed by atoms with van der Waals surface area (Å²) in [6, 6.07) is 12.7. The fourth-order valence-corrected chi connectivity index (χ4v) is 6.67. The van der Waals surface area contributed by atoms with E-state index in [0.29, 0.717) is 32.5 Å². The molecule has 4 unspecified atom stereocenters. The molecule has 4 heterocycles. The number of hydrogen-bond acceptors (Lipinski definition) is 7. The second kappa shape index (κ2) is 12.1. The Kier molecular flexibility index (Phi) is 8.10. The van der Waals surface area contributed by atoms with Crippen LogP contribution in [-0.4, -0.2) is 87.9 Å². The van der Waals surface area contributed by atoms with Gasteiger partial charge in [-0.1, -0.05) is 23.4 Å². The molecule has 1 aromatic heterocycles. The van der Waals surface area contributed by atoms with Gasteiger partial charge in [-0.3, -0.25) is 14.4 Å². The Bertz CT molecular complexity index is 1450. The number of benzene rings is 2. The quantitative estimate of drug-likeness (QED) is 0.420. The van der Waals surface area contributed by atoms with Crippen molar-refractivity contribution < 1.29 is 19.1 Å². The Morgan fingerprint density at radius 1 is 1.02 bits per heavy atom. The fraction of sp³-hybridized carbons (Fsp3) is 0.516. The van der Waals surface area contributed by atoms with Crippen molar-refractivity contribution in [3.8, 4) is 5.75 Å². The molecular formula is C31H39N7O4. The van der Waals surface area contributed by atoms with Crippen LogP contribution in [-0.2, 0) is 34.4 Å². The van der Waals surface area contributed by atoms with Crippen LogP contribution in [0.15, 0.2) is 42.5 Å². The SMILES string of the molecule is COc1ccc(CC2CC(C(=O)NCc3ccc4c(c3)nnn4C)N(C(=O)C3CC(C(=O)N4CCCC4)CN3)C2)cc1. The molecule has 42 heavy (non-hydrogen) atoms. The summed E-state index contributed by atoms with van der Waals surface area (Å²) in [6.07, 6.45) is 3.90. The topological polar surface area (TPSA) is 122 Å². The monoisotopic (exact) mass is 573 g/mol. The van der Waals surface area contributed by atoms with Crippen molar-refractivity contribution in [1.29, 1.82) is 0 Å². The Labute approximate surface area is 245 Å². The standard InChI is InChI=1S/C31H39N7O4/c1-36-27-10-7-21(14-25(27)34-35-36)17-33-29(39)28-15-22(13-20-5-8-24(42-2)9-6-20)19-38(28)31(41)26-16-23(18-32-26)30(40)37-11-3-4-12-37/h5-10,14,22-23,26,28,32H,3-4,11-13,15-19H2,1-2H3,(H,33,39). The van der Waals surface area contributed by atoms with E-state index in [0.717, 1.165) is 60.3 Å². The third-order valence-electron chi connectivity index (χ3n) is 8.99. The van der Waals surface area contributed by atoms with Gasteiger partial charge in [0, 0.05) is 39.8 Å². The van der Waals surface area contributed by atoms with Crippen molar-refractivity contribution in [3.05, 3.63) is 53.6 Å². The van der Waals surface area contributed by atoms with E-state index in [4.69, 9.17) is 4.74 Å². The van der Waals surface area contributed by atoms with E-state index in [-0.39, 0.29) is 29.6 Å². The van der Waals surface area contributed by atoms with Crippen molar-refractivity contribution in [2.75, 3.05) is 33.3 Å². The summed E-state index contributed by atoms with van der Waals surface area (Å²) >= 11 is 0. The molecule has 3 fully saturated rings. The van der Waals surface area contributed by atoms with E-state index >= 15 is 0 Å². The zero-order chi connectivity index (χ0) is 29.2. The molecule has 3 saturated heterocycles. The number of ether oxygens (including phenoxy) is 1. The van der Waals surface area contributed by atoms with Crippen LogP contribution in [0.5, 0.6) is 5.75 Å². The first-order valence-electron chi connectivity index (χ1n) is 14.9. The summed E-state index contributed by atoms with van der Waals surface area (Å²) < 4.78 is 7.00. The minimum atomic E-state index is -0.573. The van der Waals surface area contributed by atoms with Crippen LogP contribution in [0.2, 0.25) is 0 Å². The summed E-state index contributed by atoms with van der Waals surface area (Å²) in [7, 11) is 3.48. The molecule has 11 nitrogen and oxygen atoms in total. The number of nitrogens with zero attached hydrogens (tertiary/aromatic N) is 5. The maximum atomic E-state index is 13.9. The Balaban J connectivity index is 1.14. The van der Waals surface area contributed by atoms with Gasteiger partial charge in [0.05, 0.1) is 24.6 Å². The van der Waals surface area contributed by atoms with Gasteiger partial charge in [-0.2, -0.15) is 0 Å². The van der Waals surface area contributed by atoms with Crippen molar-refractivity contribution >= 4 is 28.8 Å². The Morgan fingerprint density at radius 3 is 2.55 bits per heavy atom. The molecule has 0 bridgehead atoms. The summed E-state index contributed by atoms with van der Waals surface area (Å²) in [5.74, 6) is 0.621. The van der Waals surface area contributed by atoms with Gasteiger partial charge in [0.25, 0.3) is 0 Å². The predicted molar refractivity (Wildman–Crippen MR) is 156 cm³/mol. The molecule has 6 rings (SSSR count). The molecule has 3 aromatic rings. The number of methoxy groups -OCH3 is 1. The molecule has 2 aromatic carbocycles. The van der Waals surface area contributed by atoms with Gasteiger partial charge >= 0.3 is 0 Å². The normalized spacial score (nSPS) is 24.0. The molecule has 3 aliphatic heterocycles. The van der Waals surface area contributed by atoms with Gasteiger partial charge in [0.2, 0.25) is 17.7 Å². The van der Waals surface area contributed by atoms with Gasteiger partial charge in [-0.05, 0) is 73.4 Å². The molecule has 3 amide bonds. The molecule has 3 aliphatic rings. The molecule has 0 saturated carbocycles. The number of likely N-dealkylation sites (tertiary alicyclic amines) is 2. The highest BCUT2D eigenvalue weighted by Crippen LogP contribution is 2.30. The molecular weight excluding hydrogens is 534 g/mol. The summed E-state index contributed by atoms with van der Waals surface area (Å²) in [4.78, 5) is 44.2. The smallest absolute Gasteiger partial charge is 0.243 e. The lowest BCUT2D eigenvalue weighted by Crippen LogP contribution is -2.51. The lowest BCUT2D eigenvalue weighted by molar-refractivity contribution is -0.140. The molecule has 2 N–H and O–H groups in total. The zero-order valence-electron chi connectivity index (χ0n) is 24.3. The second-order valence-electron chi connectivity index (χ2n) is 11.8. The largest absolute Gasteiger partial charge is 0.497 e. The number of hydrogen-bond donors (Lipinski definition) is 2. The average Bonchev–Trinajstić information content (AvgIpc) is 3.83. The highest BCUT2D eigenvalue weighted by molar-refractivity contribution is 5.91. The minimum absolute atomic E-state index is 0.0925. The first-order valence-corrected chi connectivity index (χ1v) is 14.9. The molecule has 0 radical (unpaired) electrons. The van der Waals surface area contributed by atoms with Gasteiger partial charge in [-0.25, -0.2) is 4.68 Å².